The number of ether oxygens (including phenoxy) is 1. The van der Waals surface area contributed by atoms with Gasteiger partial charge < -0.3 is 9.30 Å². The minimum absolute atomic E-state index is 0.171. The molecule has 0 fully saturated rings. The SMILES string of the molecule is COc1ccc([N+](=O)[O-])cc1Cn1cc(C(F)(F)F)cc(Cl)c1=O. The molecule has 2 rings (SSSR count). The first kappa shape index (κ1) is 17.8. The van der Waals surface area contributed by atoms with Crippen LogP contribution in [0.3, 0.4) is 0 Å². The fourth-order valence-electron chi connectivity index (χ4n) is 2.06. The second-order valence-electron chi connectivity index (χ2n) is 4.76. The highest BCUT2D eigenvalue weighted by Crippen LogP contribution is 2.30. The van der Waals surface area contributed by atoms with E-state index in [1.807, 2.05) is 0 Å². The predicted octanol–water partition coefficient (Wildman–Crippen LogP) is 3.49. The summed E-state index contributed by atoms with van der Waals surface area (Å²) in [6.07, 6.45) is -4.08. The lowest BCUT2D eigenvalue weighted by molar-refractivity contribution is -0.384. The summed E-state index contributed by atoms with van der Waals surface area (Å²) in [7, 11) is 1.30. The summed E-state index contributed by atoms with van der Waals surface area (Å²) in [5, 5.41) is 10.2. The molecule has 1 aromatic carbocycles. The Labute approximate surface area is 138 Å². The second-order valence-corrected chi connectivity index (χ2v) is 5.17. The van der Waals surface area contributed by atoms with Gasteiger partial charge in [0.25, 0.3) is 11.2 Å². The van der Waals surface area contributed by atoms with E-state index in [-0.39, 0.29) is 23.5 Å². The van der Waals surface area contributed by atoms with Crippen LogP contribution < -0.4 is 10.3 Å². The Hall–Kier alpha value is -2.55. The number of non-ortho nitro benzene ring substituents is 1. The zero-order chi connectivity index (χ0) is 18.1. The smallest absolute Gasteiger partial charge is 0.417 e. The Morgan fingerprint density at radius 3 is 2.54 bits per heavy atom. The van der Waals surface area contributed by atoms with Crippen molar-refractivity contribution in [3.05, 3.63) is 67.1 Å². The van der Waals surface area contributed by atoms with Crippen LogP contribution in [-0.4, -0.2) is 16.6 Å². The van der Waals surface area contributed by atoms with E-state index >= 15 is 0 Å². The summed E-state index contributed by atoms with van der Waals surface area (Å²) < 4.78 is 44.3. The van der Waals surface area contributed by atoms with Crippen LogP contribution in [-0.2, 0) is 12.7 Å². The molecule has 24 heavy (non-hydrogen) atoms. The molecule has 1 aromatic heterocycles. The summed E-state index contributed by atoms with van der Waals surface area (Å²) in [4.78, 5) is 22.1. The number of aromatic nitrogens is 1. The van der Waals surface area contributed by atoms with Crippen LogP contribution in [0.1, 0.15) is 11.1 Å². The van der Waals surface area contributed by atoms with Crippen LogP contribution in [0.25, 0.3) is 0 Å². The lowest BCUT2D eigenvalue weighted by Crippen LogP contribution is -2.23. The average Bonchev–Trinajstić information content (AvgIpc) is 2.50. The van der Waals surface area contributed by atoms with Crippen molar-refractivity contribution in [2.45, 2.75) is 12.7 Å². The standard InChI is InChI=1S/C14H10ClF3N2O4/c1-24-12-3-2-10(20(22)23)4-8(12)6-19-7-9(14(16,17)18)5-11(15)13(19)21/h2-5,7H,6H2,1H3. The van der Waals surface area contributed by atoms with Gasteiger partial charge in [-0.1, -0.05) is 11.6 Å². The van der Waals surface area contributed by atoms with Gasteiger partial charge in [0.1, 0.15) is 10.8 Å². The number of pyridine rings is 1. The van der Waals surface area contributed by atoms with Gasteiger partial charge in [-0.3, -0.25) is 14.9 Å². The van der Waals surface area contributed by atoms with E-state index in [1.165, 1.54) is 19.2 Å². The van der Waals surface area contributed by atoms with Crippen molar-refractivity contribution in [1.82, 2.24) is 4.57 Å². The number of methoxy groups -OCH3 is 1. The molecule has 0 aliphatic carbocycles. The van der Waals surface area contributed by atoms with Gasteiger partial charge in [-0.25, -0.2) is 0 Å². The Kier molecular flexibility index (Phi) is 4.83. The molecule has 0 N–H and O–H groups in total. The van der Waals surface area contributed by atoms with E-state index in [1.54, 1.807) is 0 Å². The van der Waals surface area contributed by atoms with Crippen LogP contribution >= 0.6 is 11.6 Å². The number of alkyl halides is 3. The van der Waals surface area contributed by atoms with Gasteiger partial charge in [0, 0.05) is 23.9 Å². The highest BCUT2D eigenvalue weighted by molar-refractivity contribution is 6.30. The lowest BCUT2D eigenvalue weighted by atomic mass is 10.1. The fraction of sp³-hybridized carbons (Fsp3) is 0.214. The van der Waals surface area contributed by atoms with Crippen molar-refractivity contribution < 1.29 is 22.8 Å². The zero-order valence-electron chi connectivity index (χ0n) is 12.1. The Morgan fingerprint density at radius 1 is 1.33 bits per heavy atom. The van der Waals surface area contributed by atoms with Crippen molar-refractivity contribution in [2.24, 2.45) is 0 Å². The molecule has 0 saturated carbocycles. The van der Waals surface area contributed by atoms with E-state index in [4.69, 9.17) is 16.3 Å². The van der Waals surface area contributed by atoms with Crippen LogP contribution in [0.15, 0.2) is 35.3 Å². The number of hydrogen-bond acceptors (Lipinski definition) is 4. The molecule has 6 nitrogen and oxygen atoms in total. The zero-order valence-corrected chi connectivity index (χ0v) is 12.9. The van der Waals surface area contributed by atoms with Gasteiger partial charge in [-0.2, -0.15) is 13.2 Å². The first-order chi connectivity index (χ1) is 11.1. The maximum atomic E-state index is 12.8. The summed E-state index contributed by atoms with van der Waals surface area (Å²) in [5.41, 5.74) is -2.06. The van der Waals surface area contributed by atoms with Gasteiger partial charge in [-0.15, -0.1) is 0 Å². The normalized spacial score (nSPS) is 11.4. The number of nitro benzene ring substituents is 1. The van der Waals surface area contributed by atoms with Crippen molar-refractivity contribution in [1.29, 1.82) is 0 Å². The first-order valence-electron chi connectivity index (χ1n) is 6.42. The van der Waals surface area contributed by atoms with Gasteiger partial charge in [0.05, 0.1) is 24.1 Å². The topological polar surface area (TPSA) is 74.4 Å². The van der Waals surface area contributed by atoms with Crippen LogP contribution in [0.4, 0.5) is 18.9 Å². The Balaban J connectivity index is 2.55. The van der Waals surface area contributed by atoms with Crippen molar-refractivity contribution in [3.63, 3.8) is 0 Å². The molecule has 0 saturated heterocycles. The molecular formula is C14H10ClF3N2O4. The maximum Gasteiger partial charge on any atom is 0.417 e. The highest BCUT2D eigenvalue weighted by Gasteiger charge is 2.32. The first-order valence-corrected chi connectivity index (χ1v) is 6.79. The minimum Gasteiger partial charge on any atom is -0.496 e. The highest BCUT2D eigenvalue weighted by atomic mass is 35.5. The summed E-state index contributed by atoms with van der Waals surface area (Å²) in [5.74, 6) is 0.195. The third-order valence-corrected chi connectivity index (χ3v) is 3.46. The fourth-order valence-corrected chi connectivity index (χ4v) is 2.28. The van der Waals surface area contributed by atoms with E-state index in [0.29, 0.717) is 12.3 Å². The van der Waals surface area contributed by atoms with E-state index in [2.05, 4.69) is 0 Å². The third-order valence-electron chi connectivity index (χ3n) is 3.19. The molecule has 1 heterocycles. The van der Waals surface area contributed by atoms with Gasteiger partial charge in [0.2, 0.25) is 0 Å². The Bertz CT molecular complexity index is 849. The molecule has 0 aliphatic rings. The average molecular weight is 363 g/mol. The number of rotatable bonds is 4. The van der Waals surface area contributed by atoms with Crippen LogP contribution in [0.2, 0.25) is 5.02 Å². The molecule has 0 aliphatic heterocycles. The Morgan fingerprint density at radius 2 is 2.00 bits per heavy atom. The molecule has 128 valence electrons. The number of nitrogens with zero attached hydrogens (tertiary/aromatic N) is 2. The van der Waals surface area contributed by atoms with E-state index < -0.39 is 27.2 Å². The van der Waals surface area contributed by atoms with Crippen molar-refractivity contribution in [2.75, 3.05) is 7.11 Å². The van der Waals surface area contributed by atoms with Gasteiger partial charge in [-0.05, 0) is 12.1 Å². The number of hydrogen-bond donors (Lipinski definition) is 0. The van der Waals surface area contributed by atoms with Gasteiger partial charge in [0.15, 0.2) is 0 Å². The molecule has 0 spiro atoms. The maximum absolute atomic E-state index is 12.8. The molecule has 10 heteroatoms. The molecule has 0 unspecified atom stereocenters. The predicted molar refractivity (Wildman–Crippen MR) is 79.5 cm³/mol. The molecule has 0 bridgehead atoms. The number of nitro groups is 1. The summed E-state index contributed by atoms with van der Waals surface area (Å²) in [6, 6.07) is 4.14. The van der Waals surface area contributed by atoms with Crippen LogP contribution in [0, 0.1) is 10.1 Å². The molecule has 0 amide bonds. The number of benzene rings is 1. The van der Waals surface area contributed by atoms with Crippen LogP contribution in [0.5, 0.6) is 5.75 Å². The molecule has 0 radical (unpaired) electrons. The van der Waals surface area contributed by atoms with Crippen molar-refractivity contribution in [3.8, 4) is 5.75 Å². The monoisotopic (exact) mass is 362 g/mol. The second kappa shape index (κ2) is 6.52. The third kappa shape index (κ3) is 3.67. The summed E-state index contributed by atoms with van der Waals surface area (Å²) >= 11 is 5.57. The quantitative estimate of drug-likeness (QED) is 0.616. The van der Waals surface area contributed by atoms with Gasteiger partial charge >= 0.3 is 6.18 Å². The van der Waals surface area contributed by atoms with E-state index in [0.717, 1.165) is 10.6 Å². The summed E-state index contributed by atoms with van der Waals surface area (Å²) in [6.45, 7) is -0.368. The van der Waals surface area contributed by atoms with Crippen molar-refractivity contribution >= 4 is 17.3 Å². The largest absolute Gasteiger partial charge is 0.496 e. The molecule has 2 aromatic rings. The minimum atomic E-state index is -4.69. The molecular weight excluding hydrogens is 353 g/mol. The van der Waals surface area contributed by atoms with E-state index in [9.17, 15) is 28.1 Å². The molecule has 0 atom stereocenters. The lowest BCUT2D eigenvalue weighted by Gasteiger charge is -2.13. The number of halogens is 4.